The van der Waals surface area contributed by atoms with Crippen molar-refractivity contribution in [1.29, 1.82) is 0 Å². The fourth-order valence-electron chi connectivity index (χ4n) is 2.68. The molecular formula is C23H18ClF3N2O3. The van der Waals surface area contributed by atoms with Gasteiger partial charge in [0.1, 0.15) is 5.75 Å². The first-order valence-corrected chi connectivity index (χ1v) is 9.81. The highest BCUT2D eigenvalue weighted by atomic mass is 35.5. The van der Waals surface area contributed by atoms with Crippen molar-refractivity contribution in [1.82, 2.24) is 5.32 Å². The van der Waals surface area contributed by atoms with Crippen LogP contribution in [0.3, 0.4) is 0 Å². The Balaban J connectivity index is 1.49. The second-order valence-electron chi connectivity index (χ2n) is 6.75. The molecule has 0 atom stereocenters. The molecule has 2 N–H and O–H groups in total. The van der Waals surface area contributed by atoms with Crippen molar-refractivity contribution in [2.75, 3.05) is 11.9 Å². The molecule has 3 aromatic carbocycles. The Labute approximate surface area is 187 Å². The Morgan fingerprint density at radius 3 is 2.28 bits per heavy atom. The van der Waals surface area contributed by atoms with E-state index in [-0.39, 0.29) is 23.8 Å². The maximum atomic E-state index is 12.8. The van der Waals surface area contributed by atoms with Crippen LogP contribution in [-0.2, 0) is 17.5 Å². The summed E-state index contributed by atoms with van der Waals surface area (Å²) in [5.41, 5.74) is 0.289. The van der Waals surface area contributed by atoms with Crippen LogP contribution in [0.5, 0.6) is 5.75 Å². The van der Waals surface area contributed by atoms with Crippen LogP contribution in [0.4, 0.5) is 18.9 Å². The summed E-state index contributed by atoms with van der Waals surface area (Å²) in [6.45, 7) is 0.109. The summed E-state index contributed by atoms with van der Waals surface area (Å²) in [5, 5.41) is 5.74. The first-order chi connectivity index (χ1) is 15.2. The minimum absolute atomic E-state index is 0.0301. The SMILES string of the molecule is O=C(COc1ccc(C(=O)Nc2cccc(C(F)(F)F)c2)cc1)NCc1ccc(Cl)cc1. The Morgan fingerprint density at radius 2 is 1.62 bits per heavy atom. The fraction of sp³-hybridized carbons (Fsp3) is 0.130. The first-order valence-electron chi connectivity index (χ1n) is 9.43. The molecule has 2 amide bonds. The molecule has 0 aliphatic heterocycles. The topological polar surface area (TPSA) is 67.4 Å². The molecule has 32 heavy (non-hydrogen) atoms. The third-order valence-corrected chi connectivity index (χ3v) is 4.59. The van der Waals surface area contributed by atoms with Gasteiger partial charge in [-0.15, -0.1) is 0 Å². The monoisotopic (exact) mass is 462 g/mol. The number of benzene rings is 3. The molecule has 3 aromatic rings. The van der Waals surface area contributed by atoms with E-state index >= 15 is 0 Å². The van der Waals surface area contributed by atoms with Gasteiger partial charge >= 0.3 is 6.18 Å². The molecule has 0 spiro atoms. The molecule has 3 rings (SSSR count). The molecule has 0 radical (unpaired) electrons. The zero-order chi connectivity index (χ0) is 23.1. The van der Waals surface area contributed by atoms with Crippen molar-refractivity contribution in [2.24, 2.45) is 0 Å². The zero-order valence-corrected chi connectivity index (χ0v) is 17.3. The van der Waals surface area contributed by atoms with Crippen LogP contribution in [0.15, 0.2) is 72.8 Å². The van der Waals surface area contributed by atoms with Gasteiger partial charge in [0.2, 0.25) is 0 Å². The molecular weight excluding hydrogens is 445 g/mol. The lowest BCUT2D eigenvalue weighted by Gasteiger charge is -2.10. The highest BCUT2D eigenvalue weighted by Gasteiger charge is 2.30. The van der Waals surface area contributed by atoms with E-state index in [0.717, 1.165) is 17.7 Å². The van der Waals surface area contributed by atoms with Gasteiger partial charge in [0, 0.05) is 22.8 Å². The maximum Gasteiger partial charge on any atom is 0.416 e. The lowest BCUT2D eigenvalue weighted by atomic mass is 10.1. The van der Waals surface area contributed by atoms with Crippen LogP contribution in [-0.4, -0.2) is 18.4 Å². The summed E-state index contributed by atoms with van der Waals surface area (Å²) >= 11 is 5.81. The highest BCUT2D eigenvalue weighted by Crippen LogP contribution is 2.30. The predicted molar refractivity (Wildman–Crippen MR) is 115 cm³/mol. The van der Waals surface area contributed by atoms with Crippen LogP contribution in [0.1, 0.15) is 21.5 Å². The number of ether oxygens (including phenoxy) is 1. The standard InChI is InChI=1S/C23H18ClF3N2O3/c24-18-8-4-15(5-9-18)13-28-21(30)14-32-20-10-6-16(7-11-20)22(31)29-19-3-1-2-17(12-19)23(25,26)27/h1-12H,13-14H2,(H,28,30)(H,29,31). The summed E-state index contributed by atoms with van der Waals surface area (Å²) in [6.07, 6.45) is -4.50. The van der Waals surface area contributed by atoms with E-state index in [1.165, 1.54) is 36.4 Å². The quantitative estimate of drug-likeness (QED) is 0.500. The number of rotatable bonds is 7. The molecule has 0 heterocycles. The Kier molecular flexibility index (Phi) is 7.37. The van der Waals surface area contributed by atoms with Gasteiger partial charge in [-0.25, -0.2) is 0 Å². The van der Waals surface area contributed by atoms with Crippen LogP contribution in [0, 0.1) is 0 Å². The van der Waals surface area contributed by atoms with Crippen LogP contribution < -0.4 is 15.4 Å². The molecule has 0 aliphatic carbocycles. The molecule has 9 heteroatoms. The number of carbonyl (C=O) groups excluding carboxylic acids is 2. The number of anilines is 1. The smallest absolute Gasteiger partial charge is 0.416 e. The Morgan fingerprint density at radius 1 is 0.938 bits per heavy atom. The number of nitrogens with one attached hydrogen (secondary N) is 2. The van der Waals surface area contributed by atoms with Crippen molar-refractivity contribution in [2.45, 2.75) is 12.7 Å². The average Bonchev–Trinajstić information content (AvgIpc) is 2.77. The molecule has 0 saturated heterocycles. The molecule has 0 saturated carbocycles. The fourth-order valence-corrected chi connectivity index (χ4v) is 2.81. The normalized spacial score (nSPS) is 11.0. The number of halogens is 4. The number of carbonyl (C=O) groups is 2. The van der Waals surface area contributed by atoms with E-state index in [1.807, 2.05) is 0 Å². The summed E-state index contributed by atoms with van der Waals surface area (Å²) in [4.78, 5) is 24.2. The van der Waals surface area contributed by atoms with Gasteiger partial charge in [0.15, 0.2) is 6.61 Å². The average molecular weight is 463 g/mol. The molecule has 0 fully saturated rings. The van der Waals surface area contributed by atoms with Gasteiger partial charge < -0.3 is 15.4 Å². The van der Waals surface area contributed by atoms with Crippen molar-refractivity contribution >= 4 is 29.1 Å². The summed E-state index contributed by atoms with van der Waals surface area (Å²) in [5.74, 6) is -0.537. The van der Waals surface area contributed by atoms with Crippen LogP contribution >= 0.6 is 11.6 Å². The molecule has 0 aliphatic rings. The van der Waals surface area contributed by atoms with Crippen molar-refractivity contribution < 1.29 is 27.5 Å². The third kappa shape index (κ3) is 6.75. The molecule has 0 unspecified atom stereocenters. The number of alkyl halides is 3. The number of hydrogen-bond acceptors (Lipinski definition) is 3. The van der Waals surface area contributed by atoms with E-state index in [4.69, 9.17) is 16.3 Å². The van der Waals surface area contributed by atoms with Crippen molar-refractivity contribution in [3.63, 3.8) is 0 Å². The number of amides is 2. The minimum Gasteiger partial charge on any atom is -0.484 e. The van der Waals surface area contributed by atoms with Gasteiger partial charge in [-0.3, -0.25) is 9.59 Å². The maximum absolute atomic E-state index is 12.8. The summed E-state index contributed by atoms with van der Waals surface area (Å²) in [6, 6.07) is 17.3. The van der Waals surface area contributed by atoms with Gasteiger partial charge in [-0.05, 0) is 60.2 Å². The van der Waals surface area contributed by atoms with Gasteiger partial charge in [0.05, 0.1) is 5.56 Å². The molecule has 166 valence electrons. The number of hydrogen-bond donors (Lipinski definition) is 2. The third-order valence-electron chi connectivity index (χ3n) is 4.34. The summed E-state index contributed by atoms with van der Waals surface area (Å²) in [7, 11) is 0. The largest absolute Gasteiger partial charge is 0.484 e. The van der Waals surface area contributed by atoms with E-state index in [2.05, 4.69) is 10.6 Å². The first kappa shape index (κ1) is 23.1. The lowest BCUT2D eigenvalue weighted by molar-refractivity contribution is -0.137. The van der Waals surface area contributed by atoms with Crippen LogP contribution in [0.25, 0.3) is 0 Å². The predicted octanol–water partition coefficient (Wildman–Crippen LogP) is 5.31. The second-order valence-corrected chi connectivity index (χ2v) is 7.19. The van der Waals surface area contributed by atoms with E-state index in [9.17, 15) is 22.8 Å². The summed E-state index contributed by atoms with van der Waals surface area (Å²) < 4.78 is 43.8. The molecule has 0 bridgehead atoms. The Hall–Kier alpha value is -3.52. The van der Waals surface area contributed by atoms with Gasteiger partial charge in [-0.2, -0.15) is 13.2 Å². The lowest BCUT2D eigenvalue weighted by Crippen LogP contribution is -2.28. The van der Waals surface area contributed by atoms with E-state index < -0.39 is 17.6 Å². The van der Waals surface area contributed by atoms with Crippen LogP contribution in [0.2, 0.25) is 5.02 Å². The molecule has 0 aromatic heterocycles. The highest BCUT2D eigenvalue weighted by molar-refractivity contribution is 6.30. The zero-order valence-electron chi connectivity index (χ0n) is 16.6. The minimum atomic E-state index is -4.50. The van der Waals surface area contributed by atoms with E-state index in [1.54, 1.807) is 24.3 Å². The van der Waals surface area contributed by atoms with Gasteiger partial charge in [-0.1, -0.05) is 29.8 Å². The van der Waals surface area contributed by atoms with Gasteiger partial charge in [0.25, 0.3) is 11.8 Å². The molecule has 5 nitrogen and oxygen atoms in total. The second kappa shape index (κ2) is 10.2. The van der Waals surface area contributed by atoms with E-state index in [0.29, 0.717) is 17.3 Å². The van der Waals surface area contributed by atoms with Crippen molar-refractivity contribution in [3.05, 3.63) is 94.5 Å². The Bertz CT molecular complexity index is 1080. The van der Waals surface area contributed by atoms with Crippen molar-refractivity contribution in [3.8, 4) is 5.75 Å².